The molecular weight excluding hydrogens is 521 g/mol. The van der Waals surface area contributed by atoms with Crippen molar-refractivity contribution < 1.29 is 48.0 Å². The molecule has 0 fully saturated rings. The monoisotopic (exact) mass is 574 g/mol. The molecule has 4 atom stereocenters. The van der Waals surface area contributed by atoms with E-state index in [1.54, 1.807) is 0 Å². The Morgan fingerprint density at radius 3 is 1.69 bits per heavy atom. The van der Waals surface area contributed by atoms with Gasteiger partial charge in [-0.3, -0.25) is 0 Å². The minimum absolute atomic E-state index is 0.0123. The third-order valence-electron chi connectivity index (χ3n) is 5.53. The summed E-state index contributed by atoms with van der Waals surface area (Å²) in [6.45, 7) is 14.4. The Morgan fingerprint density at radius 2 is 1.17 bits per heavy atom. The summed E-state index contributed by atoms with van der Waals surface area (Å²) < 4.78 is 30.3. The third kappa shape index (κ3) is 18.5. The van der Waals surface area contributed by atoms with Gasteiger partial charge in [0.1, 0.15) is 18.3 Å². The van der Waals surface area contributed by atoms with Gasteiger partial charge >= 0.3 is 8.56 Å². The first-order valence-corrected chi connectivity index (χ1v) is 22.1. The van der Waals surface area contributed by atoms with Gasteiger partial charge in [-0.05, 0) is 57.8 Å². The lowest BCUT2D eigenvalue weighted by atomic mass is 10.3. The molecule has 0 bridgehead atoms. The maximum Gasteiger partial charge on any atom is 0.311 e. The van der Waals surface area contributed by atoms with Gasteiger partial charge in [0.2, 0.25) is 0 Å². The van der Waals surface area contributed by atoms with E-state index >= 15 is 0 Å². The first kappa shape index (κ1) is 36.3. The molecule has 0 aliphatic heterocycles. The predicted molar refractivity (Wildman–Crippen MR) is 147 cm³/mol. The Balaban J connectivity index is 5.01. The lowest BCUT2D eigenvalue weighted by Crippen LogP contribution is -2.52. The Morgan fingerprint density at radius 1 is 0.639 bits per heavy atom. The summed E-state index contributed by atoms with van der Waals surface area (Å²) in [6, 6.07) is 1.93. The molecule has 5 N–H and O–H groups in total. The number of aliphatic hydroxyl groups is 5. The van der Waals surface area contributed by atoms with Crippen molar-refractivity contribution >= 4 is 25.2 Å². The van der Waals surface area contributed by atoms with Gasteiger partial charge in [-0.15, -0.1) is 0 Å². The van der Waals surface area contributed by atoms with E-state index in [9.17, 15) is 15.3 Å². The van der Waals surface area contributed by atoms with Crippen molar-refractivity contribution in [1.29, 1.82) is 0 Å². The molecule has 0 aromatic rings. The molecule has 0 spiro atoms. The SMILES string of the molecule is CCCC[Si](C)(C)O[Si](C)(C)O[Si](C)(C)CCC(COCC(O)CO)OCC(CO)OCC(O)CO. The number of hydrogen-bond acceptors (Lipinski definition) is 10. The van der Waals surface area contributed by atoms with Crippen LogP contribution in [0.15, 0.2) is 0 Å². The van der Waals surface area contributed by atoms with Crippen LogP contribution < -0.4 is 0 Å². The van der Waals surface area contributed by atoms with Gasteiger partial charge in [-0.2, -0.15) is 0 Å². The van der Waals surface area contributed by atoms with Gasteiger partial charge in [0.25, 0.3) is 0 Å². The number of ether oxygens (including phenoxy) is 3. The van der Waals surface area contributed by atoms with E-state index in [1.165, 1.54) is 6.42 Å². The summed E-state index contributed by atoms with van der Waals surface area (Å²) in [5.74, 6) is 0. The second-order valence-electron chi connectivity index (χ2n) is 11.1. The van der Waals surface area contributed by atoms with Crippen LogP contribution in [0.2, 0.25) is 51.4 Å². The van der Waals surface area contributed by atoms with Crippen LogP contribution in [0.4, 0.5) is 0 Å². The highest BCUT2D eigenvalue weighted by Gasteiger charge is 2.39. The summed E-state index contributed by atoms with van der Waals surface area (Å²) in [5, 5.41) is 46.6. The zero-order chi connectivity index (χ0) is 27.8. The zero-order valence-corrected chi connectivity index (χ0v) is 26.6. The molecule has 0 radical (unpaired) electrons. The molecule has 0 amide bonds. The molecule has 218 valence electrons. The Bertz CT molecular complexity index is 554. The first-order chi connectivity index (χ1) is 16.7. The molecule has 10 nitrogen and oxygen atoms in total. The van der Waals surface area contributed by atoms with E-state index in [0.717, 1.165) is 18.5 Å². The summed E-state index contributed by atoms with van der Waals surface area (Å²) in [5.41, 5.74) is 0. The minimum Gasteiger partial charge on any atom is -0.437 e. The molecule has 36 heavy (non-hydrogen) atoms. The van der Waals surface area contributed by atoms with E-state index in [0.29, 0.717) is 6.42 Å². The fraction of sp³-hybridized carbons (Fsp3) is 1.00. The molecule has 0 rings (SSSR count). The van der Waals surface area contributed by atoms with Crippen molar-refractivity contribution in [2.75, 3.05) is 46.2 Å². The van der Waals surface area contributed by atoms with E-state index in [-0.39, 0.29) is 45.7 Å². The third-order valence-corrected chi connectivity index (χ3v) is 16.9. The summed E-state index contributed by atoms with van der Waals surface area (Å²) in [4.78, 5) is 0. The van der Waals surface area contributed by atoms with Gasteiger partial charge in [-0.1, -0.05) is 19.8 Å². The van der Waals surface area contributed by atoms with Crippen molar-refractivity contribution in [3.05, 3.63) is 0 Å². The Labute approximate surface area is 221 Å². The quantitative estimate of drug-likeness (QED) is 0.114. The van der Waals surface area contributed by atoms with Gasteiger partial charge in [0.05, 0.1) is 52.4 Å². The van der Waals surface area contributed by atoms with Crippen LogP contribution in [0.1, 0.15) is 26.2 Å². The maximum atomic E-state index is 9.58. The fourth-order valence-corrected chi connectivity index (χ4v) is 18.1. The summed E-state index contributed by atoms with van der Waals surface area (Å²) >= 11 is 0. The Hall–Kier alpha value is 0.251. The van der Waals surface area contributed by atoms with Gasteiger partial charge in [0.15, 0.2) is 16.6 Å². The maximum absolute atomic E-state index is 9.58. The number of unbranched alkanes of at least 4 members (excludes halogenated alkanes) is 1. The second-order valence-corrected chi connectivity index (χ2v) is 23.5. The standard InChI is InChI=1S/C23H54O10Si3/c1-8-9-11-34(2,3)32-36(6,7)33-35(4,5)12-10-22(18-29-16-20(27)13-24)31-19-23(15-26)30-17-21(28)14-25/h20-28H,8-19H2,1-7H3. The molecule has 0 saturated heterocycles. The number of hydrogen-bond donors (Lipinski definition) is 5. The van der Waals surface area contributed by atoms with Crippen LogP contribution >= 0.6 is 0 Å². The topological polar surface area (TPSA) is 147 Å². The highest BCUT2D eigenvalue weighted by molar-refractivity contribution is 6.87. The summed E-state index contributed by atoms with van der Waals surface area (Å²) in [7, 11) is -6.21. The largest absolute Gasteiger partial charge is 0.437 e. The average Bonchev–Trinajstić information content (AvgIpc) is 2.78. The highest BCUT2D eigenvalue weighted by atomic mass is 28.5. The lowest BCUT2D eigenvalue weighted by Gasteiger charge is -2.39. The van der Waals surface area contributed by atoms with E-state index < -0.39 is 50.1 Å². The predicted octanol–water partition coefficient (Wildman–Crippen LogP) is 1.81. The van der Waals surface area contributed by atoms with Crippen LogP contribution in [0.3, 0.4) is 0 Å². The van der Waals surface area contributed by atoms with E-state index in [4.69, 9.17) is 32.7 Å². The van der Waals surface area contributed by atoms with Crippen molar-refractivity contribution in [3.8, 4) is 0 Å². The molecule has 0 aliphatic rings. The molecule has 0 saturated carbocycles. The molecule has 4 unspecified atom stereocenters. The van der Waals surface area contributed by atoms with E-state index in [1.807, 2.05) is 0 Å². The van der Waals surface area contributed by atoms with Gasteiger partial charge < -0.3 is 48.0 Å². The highest BCUT2D eigenvalue weighted by Crippen LogP contribution is 2.27. The molecule has 0 aromatic heterocycles. The molecule has 0 aliphatic carbocycles. The van der Waals surface area contributed by atoms with Gasteiger partial charge in [-0.25, -0.2) is 0 Å². The number of rotatable bonds is 23. The van der Waals surface area contributed by atoms with E-state index in [2.05, 4.69) is 46.2 Å². The molecule has 0 aromatic carbocycles. The molecule has 13 heteroatoms. The van der Waals surface area contributed by atoms with Crippen LogP contribution in [0, 0.1) is 0 Å². The lowest BCUT2D eigenvalue weighted by molar-refractivity contribution is -0.105. The van der Waals surface area contributed by atoms with Crippen molar-refractivity contribution in [2.24, 2.45) is 0 Å². The second kappa shape index (κ2) is 18.5. The summed E-state index contributed by atoms with van der Waals surface area (Å²) in [6.07, 6.45) is -0.00408. The van der Waals surface area contributed by atoms with Crippen LogP contribution in [0.5, 0.6) is 0 Å². The van der Waals surface area contributed by atoms with Crippen molar-refractivity contribution in [1.82, 2.24) is 0 Å². The normalized spacial score (nSPS) is 16.7. The smallest absolute Gasteiger partial charge is 0.311 e. The van der Waals surface area contributed by atoms with Gasteiger partial charge in [0, 0.05) is 0 Å². The van der Waals surface area contributed by atoms with Crippen molar-refractivity contribution in [3.63, 3.8) is 0 Å². The minimum atomic E-state index is -2.32. The average molecular weight is 575 g/mol. The first-order valence-electron chi connectivity index (χ1n) is 13.1. The Kier molecular flexibility index (Phi) is 18.7. The van der Waals surface area contributed by atoms with Crippen LogP contribution in [-0.2, 0) is 22.4 Å². The fourth-order valence-electron chi connectivity index (χ4n) is 3.86. The number of aliphatic hydroxyl groups excluding tert-OH is 5. The van der Waals surface area contributed by atoms with Crippen LogP contribution in [0.25, 0.3) is 0 Å². The van der Waals surface area contributed by atoms with Crippen molar-refractivity contribution in [2.45, 2.75) is 102 Å². The molecular formula is C23H54O10Si3. The van der Waals surface area contributed by atoms with Crippen LogP contribution in [-0.4, -0.2) is 121 Å². The molecule has 0 heterocycles. The zero-order valence-electron chi connectivity index (χ0n) is 23.6.